The van der Waals surface area contributed by atoms with E-state index in [4.69, 9.17) is 27.9 Å². The molecule has 0 atom stereocenters. The normalized spacial score (nSPS) is 10.0. The van der Waals surface area contributed by atoms with Crippen LogP contribution in [0.4, 0.5) is 22.1 Å². The van der Waals surface area contributed by atoms with Gasteiger partial charge in [0.1, 0.15) is 0 Å². The highest BCUT2D eigenvalue weighted by Gasteiger charge is 2.08. The molecule has 6 nitrogen and oxygen atoms in total. The van der Waals surface area contributed by atoms with Gasteiger partial charge < -0.3 is 10.1 Å². The zero-order chi connectivity index (χ0) is 15.2. The second-order valence-corrected chi connectivity index (χ2v) is 4.69. The molecule has 110 valence electrons. The van der Waals surface area contributed by atoms with Crippen molar-refractivity contribution in [3.8, 4) is 0 Å². The van der Waals surface area contributed by atoms with E-state index in [0.29, 0.717) is 21.6 Å². The smallest absolute Gasteiger partial charge is 0.412 e. The molecular weight excluding hydrogens is 315 g/mol. The van der Waals surface area contributed by atoms with Crippen LogP contribution in [0.25, 0.3) is 0 Å². The number of aromatic nitrogens is 2. The van der Waals surface area contributed by atoms with Gasteiger partial charge in [-0.05, 0) is 31.2 Å². The number of hydrogen-bond acceptors (Lipinski definition) is 5. The summed E-state index contributed by atoms with van der Waals surface area (Å²) in [4.78, 5) is 11.2. The molecule has 1 heterocycles. The first-order valence-corrected chi connectivity index (χ1v) is 6.84. The number of anilines is 3. The summed E-state index contributed by atoms with van der Waals surface area (Å²) in [6.07, 6.45) is -0.582. The van der Waals surface area contributed by atoms with Crippen molar-refractivity contribution >= 4 is 46.6 Å². The van der Waals surface area contributed by atoms with Crippen molar-refractivity contribution in [2.24, 2.45) is 0 Å². The van der Waals surface area contributed by atoms with E-state index in [0.717, 1.165) is 0 Å². The highest BCUT2D eigenvalue weighted by atomic mass is 35.5. The molecule has 1 aromatic heterocycles. The van der Waals surface area contributed by atoms with E-state index in [1.807, 2.05) is 0 Å². The van der Waals surface area contributed by atoms with Gasteiger partial charge in [-0.2, -0.15) is 0 Å². The predicted octanol–water partition coefficient (Wildman–Crippen LogP) is 4.10. The number of rotatable bonds is 4. The van der Waals surface area contributed by atoms with Gasteiger partial charge in [0.05, 0.1) is 22.3 Å². The fourth-order valence-corrected chi connectivity index (χ4v) is 1.97. The Morgan fingerprint density at radius 3 is 2.33 bits per heavy atom. The summed E-state index contributed by atoms with van der Waals surface area (Å²) in [5.74, 6) is 0.726. The molecule has 8 heteroatoms. The second-order valence-electron chi connectivity index (χ2n) is 3.87. The van der Waals surface area contributed by atoms with Crippen molar-refractivity contribution in [3.05, 3.63) is 40.4 Å². The van der Waals surface area contributed by atoms with E-state index >= 15 is 0 Å². The molecule has 0 unspecified atom stereocenters. The first-order valence-electron chi connectivity index (χ1n) is 6.08. The van der Waals surface area contributed by atoms with E-state index in [-0.39, 0.29) is 12.4 Å². The third kappa shape index (κ3) is 4.21. The van der Waals surface area contributed by atoms with Crippen LogP contribution in [0.1, 0.15) is 6.92 Å². The van der Waals surface area contributed by atoms with Gasteiger partial charge in [-0.25, -0.2) is 4.79 Å². The van der Waals surface area contributed by atoms with Crippen LogP contribution in [0.15, 0.2) is 30.3 Å². The van der Waals surface area contributed by atoms with Crippen LogP contribution in [-0.2, 0) is 4.74 Å². The van der Waals surface area contributed by atoms with Crippen LogP contribution in [-0.4, -0.2) is 22.9 Å². The number of ether oxygens (including phenoxy) is 1. The van der Waals surface area contributed by atoms with E-state index in [1.54, 1.807) is 37.3 Å². The largest absolute Gasteiger partial charge is 0.450 e. The number of benzene rings is 1. The van der Waals surface area contributed by atoms with Crippen LogP contribution >= 0.6 is 23.2 Å². The summed E-state index contributed by atoms with van der Waals surface area (Å²) in [6, 6.07) is 8.37. The summed E-state index contributed by atoms with van der Waals surface area (Å²) in [6.45, 7) is 2.00. The molecule has 0 aliphatic carbocycles. The maximum absolute atomic E-state index is 11.2. The number of carbonyl (C=O) groups excluding carboxylic acids is 1. The highest BCUT2D eigenvalue weighted by Crippen LogP contribution is 2.31. The predicted molar refractivity (Wildman–Crippen MR) is 82.4 cm³/mol. The van der Waals surface area contributed by atoms with E-state index in [9.17, 15) is 4.79 Å². The monoisotopic (exact) mass is 326 g/mol. The van der Waals surface area contributed by atoms with Crippen molar-refractivity contribution in [2.45, 2.75) is 6.92 Å². The lowest BCUT2D eigenvalue weighted by Gasteiger charge is -2.09. The Hall–Kier alpha value is -2.05. The number of carbonyl (C=O) groups is 1. The summed E-state index contributed by atoms with van der Waals surface area (Å²) in [5, 5.41) is 14.1. The average molecular weight is 327 g/mol. The first kappa shape index (κ1) is 15.3. The third-order valence-corrected chi connectivity index (χ3v) is 3.02. The van der Waals surface area contributed by atoms with Crippen LogP contribution in [0.3, 0.4) is 0 Å². The molecule has 2 rings (SSSR count). The van der Waals surface area contributed by atoms with Gasteiger partial charge in [-0.1, -0.05) is 29.3 Å². The lowest BCUT2D eigenvalue weighted by molar-refractivity contribution is 0.168. The minimum Gasteiger partial charge on any atom is -0.450 e. The Bertz CT molecular complexity index is 614. The summed E-state index contributed by atoms with van der Waals surface area (Å²) in [7, 11) is 0. The van der Waals surface area contributed by atoms with Crippen LogP contribution < -0.4 is 10.6 Å². The topological polar surface area (TPSA) is 76.1 Å². The van der Waals surface area contributed by atoms with Gasteiger partial charge in [-0.3, -0.25) is 5.32 Å². The molecule has 0 spiro atoms. The maximum Gasteiger partial charge on any atom is 0.412 e. The standard InChI is InChI=1S/C13H12Cl2N4O2/c1-2-21-13(20)17-11-7-6-10(18-19-11)16-12-8(14)4-3-5-9(12)15/h3-7H,2H2,1H3,(H,16,18)(H,17,19,20). The minimum atomic E-state index is -0.582. The minimum absolute atomic E-state index is 0.282. The molecule has 0 saturated heterocycles. The van der Waals surface area contributed by atoms with E-state index in [2.05, 4.69) is 20.8 Å². The Kier molecular flexibility index (Phi) is 5.19. The van der Waals surface area contributed by atoms with E-state index < -0.39 is 6.09 Å². The van der Waals surface area contributed by atoms with Crippen molar-refractivity contribution < 1.29 is 9.53 Å². The number of halogens is 2. The van der Waals surface area contributed by atoms with Gasteiger partial charge in [-0.15, -0.1) is 10.2 Å². The molecule has 0 radical (unpaired) electrons. The number of hydrogen-bond donors (Lipinski definition) is 2. The SMILES string of the molecule is CCOC(=O)Nc1ccc(Nc2c(Cl)cccc2Cl)nn1. The highest BCUT2D eigenvalue weighted by molar-refractivity contribution is 6.39. The average Bonchev–Trinajstić information content (AvgIpc) is 2.45. The van der Waals surface area contributed by atoms with Gasteiger partial charge in [0.25, 0.3) is 0 Å². The Labute approximate surface area is 131 Å². The maximum atomic E-state index is 11.2. The molecule has 2 N–H and O–H groups in total. The van der Waals surface area contributed by atoms with Crippen molar-refractivity contribution in [2.75, 3.05) is 17.2 Å². The molecule has 2 aromatic rings. The summed E-state index contributed by atoms with van der Waals surface area (Å²) in [5.41, 5.74) is 0.543. The summed E-state index contributed by atoms with van der Waals surface area (Å²) >= 11 is 12.1. The summed E-state index contributed by atoms with van der Waals surface area (Å²) < 4.78 is 4.73. The Morgan fingerprint density at radius 2 is 1.76 bits per heavy atom. The lowest BCUT2D eigenvalue weighted by atomic mass is 10.3. The molecule has 0 aliphatic heterocycles. The number of nitrogens with one attached hydrogen (secondary N) is 2. The third-order valence-electron chi connectivity index (χ3n) is 2.39. The molecule has 0 aliphatic rings. The Balaban J connectivity index is 2.07. The quantitative estimate of drug-likeness (QED) is 0.884. The fraction of sp³-hybridized carbons (Fsp3) is 0.154. The first-order chi connectivity index (χ1) is 10.1. The molecule has 21 heavy (non-hydrogen) atoms. The zero-order valence-corrected chi connectivity index (χ0v) is 12.6. The molecular formula is C13H12Cl2N4O2. The van der Waals surface area contributed by atoms with Crippen LogP contribution in [0.2, 0.25) is 10.0 Å². The van der Waals surface area contributed by atoms with E-state index in [1.165, 1.54) is 0 Å². The van der Waals surface area contributed by atoms with Crippen molar-refractivity contribution in [1.29, 1.82) is 0 Å². The van der Waals surface area contributed by atoms with Crippen molar-refractivity contribution in [1.82, 2.24) is 10.2 Å². The molecule has 0 saturated carbocycles. The van der Waals surface area contributed by atoms with Gasteiger partial charge in [0, 0.05) is 0 Å². The lowest BCUT2D eigenvalue weighted by Crippen LogP contribution is -2.14. The number of amides is 1. The van der Waals surface area contributed by atoms with Gasteiger partial charge in [0.2, 0.25) is 0 Å². The molecule has 0 bridgehead atoms. The molecule has 1 amide bonds. The van der Waals surface area contributed by atoms with Crippen LogP contribution in [0, 0.1) is 0 Å². The zero-order valence-electron chi connectivity index (χ0n) is 11.1. The molecule has 1 aromatic carbocycles. The number of para-hydroxylation sites is 1. The van der Waals surface area contributed by atoms with Crippen molar-refractivity contribution in [3.63, 3.8) is 0 Å². The number of nitrogens with zero attached hydrogens (tertiary/aromatic N) is 2. The Morgan fingerprint density at radius 1 is 1.14 bits per heavy atom. The van der Waals surface area contributed by atoms with Gasteiger partial charge in [0.15, 0.2) is 11.6 Å². The fourth-order valence-electron chi connectivity index (χ4n) is 1.48. The second kappa shape index (κ2) is 7.10. The molecule has 0 fully saturated rings. The van der Waals surface area contributed by atoms with Gasteiger partial charge >= 0.3 is 6.09 Å². The van der Waals surface area contributed by atoms with Crippen LogP contribution in [0.5, 0.6) is 0 Å².